The van der Waals surface area contributed by atoms with Gasteiger partial charge in [-0.3, -0.25) is 9.59 Å². The number of carboxylic acid groups (broad SMARTS) is 1. The summed E-state index contributed by atoms with van der Waals surface area (Å²) < 4.78 is 0. The minimum Gasteiger partial charge on any atom is -0.481 e. The molecule has 1 atom stereocenters. The first kappa shape index (κ1) is 15.3. The van der Waals surface area contributed by atoms with E-state index in [1.54, 1.807) is 13.8 Å². The fraction of sp³-hybridized carbons (Fsp3) is 0.750. The number of carboxylic acids is 1. The van der Waals surface area contributed by atoms with Crippen molar-refractivity contribution in [3.05, 3.63) is 0 Å². The lowest BCUT2D eigenvalue weighted by atomic mass is 9.82. The van der Waals surface area contributed by atoms with Gasteiger partial charge in [0.2, 0.25) is 5.91 Å². The molecule has 1 aliphatic rings. The zero-order chi connectivity index (χ0) is 14.5. The monoisotopic (exact) mass is 271 g/mol. The summed E-state index contributed by atoms with van der Waals surface area (Å²) in [6.07, 6.45) is 1.16. The summed E-state index contributed by atoms with van der Waals surface area (Å²) >= 11 is 0. The van der Waals surface area contributed by atoms with Crippen molar-refractivity contribution in [2.75, 3.05) is 13.1 Å². The number of aliphatic carboxylic acids is 1. The summed E-state index contributed by atoms with van der Waals surface area (Å²) in [6.45, 7) is 4.07. The Labute approximate surface area is 112 Å². The van der Waals surface area contributed by atoms with Gasteiger partial charge in [0.1, 0.15) is 0 Å². The highest BCUT2D eigenvalue weighted by Crippen LogP contribution is 2.25. The van der Waals surface area contributed by atoms with Crippen LogP contribution < -0.4 is 16.0 Å². The van der Waals surface area contributed by atoms with Gasteiger partial charge in [0.15, 0.2) is 0 Å². The van der Waals surface area contributed by atoms with Gasteiger partial charge in [0.25, 0.3) is 0 Å². The number of hydrogen-bond donors (Lipinski definition) is 4. The van der Waals surface area contributed by atoms with Crippen LogP contribution in [0.25, 0.3) is 0 Å². The van der Waals surface area contributed by atoms with Crippen molar-refractivity contribution in [1.29, 1.82) is 0 Å². The molecule has 4 N–H and O–H groups in total. The standard InChI is InChI=1S/C12H21N3O4/c1-3-12(4-2,10(17)18)7-14-11(19)15-8-5-9(16)13-6-8/h8H,3-7H2,1-2H3,(H,13,16)(H,17,18)(H2,14,15,19). The lowest BCUT2D eigenvalue weighted by molar-refractivity contribution is -0.149. The zero-order valence-electron chi connectivity index (χ0n) is 11.3. The van der Waals surface area contributed by atoms with E-state index in [-0.39, 0.29) is 24.9 Å². The third-order valence-electron chi connectivity index (χ3n) is 3.71. The van der Waals surface area contributed by atoms with Crippen molar-refractivity contribution in [3.63, 3.8) is 0 Å². The van der Waals surface area contributed by atoms with Crippen LogP contribution in [0.5, 0.6) is 0 Å². The van der Waals surface area contributed by atoms with Gasteiger partial charge in [0, 0.05) is 19.5 Å². The molecule has 1 unspecified atom stereocenters. The molecule has 1 rings (SSSR count). The van der Waals surface area contributed by atoms with Gasteiger partial charge < -0.3 is 21.1 Å². The SMILES string of the molecule is CCC(CC)(CNC(=O)NC1CNC(=O)C1)C(=O)O. The quantitative estimate of drug-likeness (QED) is 0.548. The highest BCUT2D eigenvalue weighted by molar-refractivity contribution is 5.82. The summed E-state index contributed by atoms with van der Waals surface area (Å²) in [4.78, 5) is 33.9. The van der Waals surface area contributed by atoms with Crippen LogP contribution in [-0.2, 0) is 9.59 Å². The Balaban J connectivity index is 2.44. The lowest BCUT2D eigenvalue weighted by Crippen LogP contribution is -2.48. The van der Waals surface area contributed by atoms with Crippen LogP contribution in [0.15, 0.2) is 0 Å². The number of amides is 3. The zero-order valence-corrected chi connectivity index (χ0v) is 11.3. The minimum absolute atomic E-state index is 0.0786. The van der Waals surface area contributed by atoms with Crippen LogP contribution in [0, 0.1) is 5.41 Å². The molecule has 0 bridgehead atoms. The number of carbonyl (C=O) groups excluding carboxylic acids is 2. The second-order valence-electron chi connectivity index (χ2n) is 4.82. The first-order chi connectivity index (χ1) is 8.93. The first-order valence-corrected chi connectivity index (χ1v) is 6.48. The first-order valence-electron chi connectivity index (χ1n) is 6.48. The molecule has 1 fully saturated rings. The number of hydrogen-bond acceptors (Lipinski definition) is 3. The van der Waals surface area contributed by atoms with Gasteiger partial charge in [-0.2, -0.15) is 0 Å². The number of nitrogens with one attached hydrogen (secondary N) is 3. The van der Waals surface area contributed by atoms with Crippen LogP contribution in [-0.4, -0.2) is 42.1 Å². The van der Waals surface area contributed by atoms with Crippen molar-refractivity contribution >= 4 is 17.9 Å². The Bertz CT molecular complexity index is 366. The highest BCUT2D eigenvalue weighted by Gasteiger charge is 2.35. The van der Waals surface area contributed by atoms with E-state index in [0.29, 0.717) is 19.4 Å². The summed E-state index contributed by atoms with van der Waals surface area (Å²) in [7, 11) is 0. The van der Waals surface area contributed by atoms with E-state index < -0.39 is 17.4 Å². The minimum atomic E-state index is -0.929. The molecule has 0 spiro atoms. The number of carbonyl (C=O) groups is 3. The van der Waals surface area contributed by atoms with E-state index in [1.807, 2.05) is 0 Å². The largest absolute Gasteiger partial charge is 0.481 e. The van der Waals surface area contributed by atoms with E-state index in [9.17, 15) is 19.5 Å². The summed E-state index contributed by atoms with van der Waals surface area (Å²) in [6, 6.07) is -0.663. The van der Waals surface area contributed by atoms with Crippen molar-refractivity contribution in [3.8, 4) is 0 Å². The number of urea groups is 1. The summed E-state index contributed by atoms with van der Waals surface area (Å²) in [5.41, 5.74) is -0.929. The molecule has 1 heterocycles. The van der Waals surface area contributed by atoms with Gasteiger partial charge >= 0.3 is 12.0 Å². The Morgan fingerprint density at radius 1 is 1.42 bits per heavy atom. The van der Waals surface area contributed by atoms with Gasteiger partial charge in [-0.25, -0.2) is 4.79 Å². The molecule has 7 heteroatoms. The van der Waals surface area contributed by atoms with E-state index in [4.69, 9.17) is 0 Å². The Hall–Kier alpha value is -1.79. The molecule has 3 amide bonds. The van der Waals surface area contributed by atoms with Crippen LogP contribution in [0.1, 0.15) is 33.1 Å². The smallest absolute Gasteiger partial charge is 0.315 e. The van der Waals surface area contributed by atoms with Crippen molar-refractivity contribution in [2.45, 2.75) is 39.2 Å². The molecule has 0 saturated carbocycles. The summed E-state index contributed by atoms with van der Waals surface area (Å²) in [5.74, 6) is -0.997. The van der Waals surface area contributed by atoms with Gasteiger partial charge in [-0.1, -0.05) is 13.8 Å². The van der Waals surface area contributed by atoms with Crippen LogP contribution in [0.4, 0.5) is 4.79 Å². The average Bonchev–Trinajstić information content (AvgIpc) is 2.76. The molecule has 0 aromatic heterocycles. The molecule has 0 aliphatic carbocycles. The fourth-order valence-electron chi connectivity index (χ4n) is 2.07. The molecular weight excluding hydrogens is 250 g/mol. The maximum absolute atomic E-state index is 11.7. The van der Waals surface area contributed by atoms with Crippen molar-refractivity contribution in [1.82, 2.24) is 16.0 Å². The molecule has 1 saturated heterocycles. The molecule has 19 heavy (non-hydrogen) atoms. The second-order valence-corrected chi connectivity index (χ2v) is 4.82. The Morgan fingerprint density at radius 3 is 2.47 bits per heavy atom. The van der Waals surface area contributed by atoms with Gasteiger partial charge in [0.05, 0.1) is 11.5 Å². The topological polar surface area (TPSA) is 108 Å². The highest BCUT2D eigenvalue weighted by atomic mass is 16.4. The van der Waals surface area contributed by atoms with Crippen LogP contribution >= 0.6 is 0 Å². The predicted molar refractivity (Wildman–Crippen MR) is 68.6 cm³/mol. The van der Waals surface area contributed by atoms with Gasteiger partial charge in [-0.15, -0.1) is 0 Å². The fourth-order valence-corrected chi connectivity index (χ4v) is 2.07. The van der Waals surface area contributed by atoms with Crippen molar-refractivity contribution < 1.29 is 19.5 Å². The van der Waals surface area contributed by atoms with E-state index >= 15 is 0 Å². The van der Waals surface area contributed by atoms with Gasteiger partial charge in [-0.05, 0) is 12.8 Å². The van der Waals surface area contributed by atoms with Crippen LogP contribution in [0.2, 0.25) is 0 Å². The van der Waals surface area contributed by atoms with Crippen molar-refractivity contribution in [2.24, 2.45) is 5.41 Å². The Morgan fingerprint density at radius 2 is 2.05 bits per heavy atom. The lowest BCUT2D eigenvalue weighted by Gasteiger charge is -2.27. The van der Waals surface area contributed by atoms with E-state index in [1.165, 1.54) is 0 Å². The molecule has 1 aliphatic heterocycles. The third kappa shape index (κ3) is 3.84. The maximum atomic E-state index is 11.7. The molecule has 7 nitrogen and oxygen atoms in total. The molecule has 0 aromatic carbocycles. The summed E-state index contributed by atoms with van der Waals surface area (Å²) in [5, 5.41) is 17.1. The second kappa shape index (κ2) is 6.40. The molecule has 108 valence electrons. The maximum Gasteiger partial charge on any atom is 0.315 e. The van der Waals surface area contributed by atoms with Crippen LogP contribution in [0.3, 0.4) is 0 Å². The third-order valence-corrected chi connectivity index (χ3v) is 3.71. The van der Waals surface area contributed by atoms with E-state index in [2.05, 4.69) is 16.0 Å². The number of rotatable bonds is 6. The predicted octanol–water partition coefficient (Wildman–Crippen LogP) is 0.0651. The average molecular weight is 271 g/mol. The molecule has 0 aromatic rings. The Kier molecular flexibility index (Phi) is 5.14. The van der Waals surface area contributed by atoms with E-state index in [0.717, 1.165) is 0 Å². The normalized spacial score (nSPS) is 18.8. The molecule has 0 radical (unpaired) electrons. The molecular formula is C12H21N3O4.